The summed E-state index contributed by atoms with van der Waals surface area (Å²) in [6, 6.07) is 4.01. The molecule has 1 rings (SSSR count). The Hall–Kier alpha value is -2.68. The van der Waals surface area contributed by atoms with Gasteiger partial charge >= 0.3 is 17.2 Å². The van der Waals surface area contributed by atoms with Crippen LogP contribution in [-0.4, -0.2) is 71.8 Å². The number of carbonyl (C=O) groups is 5. The van der Waals surface area contributed by atoms with Crippen molar-refractivity contribution in [2.24, 2.45) is 5.73 Å². The molecule has 0 spiro atoms. The van der Waals surface area contributed by atoms with E-state index in [1.807, 2.05) is 0 Å². The molecule has 14 heteroatoms. The fourth-order valence-corrected chi connectivity index (χ4v) is 3.54. The topological polar surface area (TPSA) is 177 Å². The number of nitrogens with two attached hydrogens (primary N) is 1. The maximum atomic E-state index is 12.6. The van der Waals surface area contributed by atoms with Gasteiger partial charge in [-0.25, -0.2) is 0 Å². The number of nitrogens with zero attached hydrogens (tertiary/aromatic N) is 1. The van der Waals surface area contributed by atoms with Gasteiger partial charge in [-0.2, -0.15) is 5.06 Å². The lowest BCUT2D eigenvalue weighted by molar-refractivity contribution is -0.145. The summed E-state index contributed by atoms with van der Waals surface area (Å²) in [6.45, 7) is 3.08. The smallest absolute Gasteiger partial charge is 0.325 e. The number of amides is 3. The van der Waals surface area contributed by atoms with Gasteiger partial charge in [-0.1, -0.05) is 27.7 Å². The zero-order chi connectivity index (χ0) is 26.4. The molecule has 0 bridgehead atoms. The molecular formula is C21H29BrN4O8S. The second-order valence-electron chi connectivity index (χ2n) is 6.91. The van der Waals surface area contributed by atoms with Gasteiger partial charge < -0.3 is 25.8 Å². The number of esters is 2. The number of hydrogen-bond acceptors (Lipinski definition) is 10. The average Bonchev–Trinajstić information content (AvgIpc) is 2.83. The Morgan fingerprint density at radius 2 is 1.74 bits per heavy atom. The second kappa shape index (κ2) is 16.1. The van der Waals surface area contributed by atoms with Crippen molar-refractivity contribution in [3.05, 3.63) is 28.7 Å². The standard InChI is InChI=1S/C21H29BrN4O8S/c1-3-33-18(28)11-24-19(29)16(25-17(27)10-9-15(23)20(30)34-4-2)12-35-21(31)26(32)14-7-5-13(22)6-8-14/h5-8,15-16,32H,3-4,9-12,23H2,1-2H3,(H,24,29)(H,25,27)/t15?,16-/m0/s1. The molecule has 1 unspecified atom stereocenters. The van der Waals surface area contributed by atoms with E-state index >= 15 is 0 Å². The summed E-state index contributed by atoms with van der Waals surface area (Å²) >= 11 is 3.83. The molecule has 0 heterocycles. The highest BCUT2D eigenvalue weighted by Crippen LogP contribution is 2.21. The Morgan fingerprint density at radius 1 is 1.11 bits per heavy atom. The third-order valence-electron chi connectivity index (χ3n) is 4.25. The van der Waals surface area contributed by atoms with Gasteiger partial charge in [0.15, 0.2) is 0 Å². The molecule has 0 fully saturated rings. The number of hydrogen-bond donors (Lipinski definition) is 4. The Balaban J connectivity index is 2.76. The van der Waals surface area contributed by atoms with Gasteiger partial charge in [0.2, 0.25) is 11.8 Å². The van der Waals surface area contributed by atoms with E-state index < -0.39 is 47.6 Å². The van der Waals surface area contributed by atoms with Gasteiger partial charge in [-0.05, 0) is 44.5 Å². The predicted molar refractivity (Wildman–Crippen MR) is 132 cm³/mol. The van der Waals surface area contributed by atoms with E-state index in [0.29, 0.717) is 16.8 Å². The van der Waals surface area contributed by atoms with E-state index in [1.165, 1.54) is 12.1 Å². The van der Waals surface area contributed by atoms with Crippen LogP contribution in [0.15, 0.2) is 28.7 Å². The molecule has 0 saturated heterocycles. The van der Waals surface area contributed by atoms with E-state index in [1.54, 1.807) is 26.0 Å². The molecule has 12 nitrogen and oxygen atoms in total. The molecule has 3 amide bonds. The van der Waals surface area contributed by atoms with Crippen LogP contribution >= 0.6 is 27.7 Å². The summed E-state index contributed by atoms with van der Waals surface area (Å²) in [5, 5.41) is 14.5. The van der Waals surface area contributed by atoms with Crippen LogP contribution in [0.1, 0.15) is 26.7 Å². The third kappa shape index (κ3) is 11.5. The SMILES string of the molecule is CCOC(=O)CNC(=O)[C@H](CSC(=O)N(O)c1ccc(Br)cc1)NC(=O)CCC(N)C(=O)OCC. The molecule has 0 radical (unpaired) electrons. The van der Waals surface area contributed by atoms with E-state index in [-0.39, 0.29) is 37.5 Å². The van der Waals surface area contributed by atoms with Gasteiger partial charge in [0.05, 0.1) is 18.9 Å². The number of thioether (sulfide) groups is 1. The predicted octanol–water partition coefficient (Wildman–Crippen LogP) is 1.33. The van der Waals surface area contributed by atoms with Crippen LogP contribution < -0.4 is 21.4 Å². The first kappa shape index (κ1) is 30.4. The first-order chi connectivity index (χ1) is 16.6. The van der Waals surface area contributed by atoms with Crippen molar-refractivity contribution in [3.63, 3.8) is 0 Å². The molecule has 194 valence electrons. The highest BCUT2D eigenvalue weighted by Gasteiger charge is 2.25. The molecule has 0 saturated carbocycles. The highest BCUT2D eigenvalue weighted by molar-refractivity contribution is 9.10. The molecule has 2 atom stereocenters. The first-order valence-corrected chi connectivity index (χ1v) is 12.4. The van der Waals surface area contributed by atoms with Crippen molar-refractivity contribution >= 4 is 62.4 Å². The summed E-state index contributed by atoms with van der Waals surface area (Å²) in [6.07, 6.45) is -0.215. The lowest BCUT2D eigenvalue weighted by atomic mass is 10.1. The van der Waals surface area contributed by atoms with Crippen LogP contribution in [0.2, 0.25) is 0 Å². The molecule has 0 aliphatic rings. The van der Waals surface area contributed by atoms with Crippen LogP contribution in [0, 0.1) is 0 Å². The van der Waals surface area contributed by atoms with Crippen molar-refractivity contribution in [3.8, 4) is 0 Å². The van der Waals surface area contributed by atoms with Crippen molar-refractivity contribution < 1.29 is 38.7 Å². The Kier molecular flexibility index (Phi) is 13.9. The molecule has 35 heavy (non-hydrogen) atoms. The minimum atomic E-state index is -1.23. The van der Waals surface area contributed by atoms with Gasteiger partial charge in [0.1, 0.15) is 18.6 Å². The number of rotatable bonds is 13. The number of benzene rings is 1. The van der Waals surface area contributed by atoms with E-state index in [0.717, 1.165) is 4.47 Å². The molecule has 1 aromatic carbocycles. The van der Waals surface area contributed by atoms with Gasteiger partial charge in [0, 0.05) is 16.6 Å². The van der Waals surface area contributed by atoms with Crippen LogP contribution in [0.3, 0.4) is 0 Å². The zero-order valence-corrected chi connectivity index (χ0v) is 21.7. The lowest BCUT2D eigenvalue weighted by Crippen LogP contribution is -2.50. The molecule has 0 aliphatic carbocycles. The number of anilines is 1. The summed E-state index contributed by atoms with van der Waals surface area (Å²) in [4.78, 5) is 60.5. The average molecular weight is 577 g/mol. The van der Waals surface area contributed by atoms with E-state index in [4.69, 9.17) is 15.2 Å². The molecule has 1 aromatic rings. The number of hydroxylamine groups is 1. The zero-order valence-electron chi connectivity index (χ0n) is 19.3. The number of ether oxygens (including phenoxy) is 2. The first-order valence-electron chi connectivity index (χ1n) is 10.6. The van der Waals surface area contributed by atoms with Crippen molar-refractivity contribution in [2.75, 3.05) is 30.6 Å². The van der Waals surface area contributed by atoms with Gasteiger partial charge in [-0.15, -0.1) is 0 Å². The minimum absolute atomic E-state index is 0.0259. The third-order valence-corrected chi connectivity index (χ3v) is 5.70. The normalized spacial score (nSPS) is 12.1. The molecule has 0 aliphatic heterocycles. The Bertz CT molecular complexity index is 887. The number of nitrogens with one attached hydrogen (secondary N) is 2. The number of carbonyl (C=O) groups excluding carboxylic acids is 5. The molecule has 5 N–H and O–H groups in total. The molecular weight excluding hydrogens is 548 g/mol. The highest BCUT2D eigenvalue weighted by atomic mass is 79.9. The molecule has 0 aromatic heterocycles. The summed E-state index contributed by atoms with van der Waals surface area (Å²) in [5.41, 5.74) is 5.88. The number of halogens is 1. The van der Waals surface area contributed by atoms with Crippen LogP contribution in [0.25, 0.3) is 0 Å². The van der Waals surface area contributed by atoms with E-state index in [9.17, 15) is 29.2 Å². The Morgan fingerprint density at radius 3 is 2.34 bits per heavy atom. The minimum Gasteiger partial charge on any atom is -0.465 e. The fourth-order valence-electron chi connectivity index (χ4n) is 2.50. The summed E-state index contributed by atoms with van der Waals surface area (Å²) < 4.78 is 10.3. The van der Waals surface area contributed by atoms with Gasteiger partial charge in [0.25, 0.3) is 0 Å². The maximum Gasteiger partial charge on any atom is 0.325 e. The van der Waals surface area contributed by atoms with Crippen LogP contribution in [-0.2, 0) is 28.7 Å². The van der Waals surface area contributed by atoms with Gasteiger partial charge in [-0.3, -0.25) is 29.2 Å². The fraction of sp³-hybridized carbons (Fsp3) is 0.476. The van der Waals surface area contributed by atoms with Crippen molar-refractivity contribution in [1.29, 1.82) is 0 Å². The largest absolute Gasteiger partial charge is 0.465 e. The van der Waals surface area contributed by atoms with Crippen molar-refractivity contribution in [2.45, 2.75) is 38.8 Å². The summed E-state index contributed by atoms with van der Waals surface area (Å²) in [5.74, 6) is -2.93. The monoisotopic (exact) mass is 576 g/mol. The summed E-state index contributed by atoms with van der Waals surface area (Å²) in [7, 11) is 0. The van der Waals surface area contributed by atoms with Crippen LogP contribution in [0.4, 0.5) is 10.5 Å². The maximum absolute atomic E-state index is 12.6. The van der Waals surface area contributed by atoms with E-state index in [2.05, 4.69) is 26.6 Å². The lowest BCUT2D eigenvalue weighted by Gasteiger charge is -2.20. The van der Waals surface area contributed by atoms with Crippen LogP contribution in [0.5, 0.6) is 0 Å². The Labute approximate surface area is 215 Å². The quantitative estimate of drug-likeness (QED) is 0.152. The second-order valence-corrected chi connectivity index (χ2v) is 8.79. The van der Waals surface area contributed by atoms with Crippen molar-refractivity contribution in [1.82, 2.24) is 10.6 Å².